The van der Waals surface area contributed by atoms with Crippen LogP contribution in [-0.2, 0) is 11.3 Å². The summed E-state index contributed by atoms with van der Waals surface area (Å²) in [6.45, 7) is 7.07. The van der Waals surface area contributed by atoms with Gasteiger partial charge in [0.15, 0.2) is 4.80 Å². The number of carbonyl (C=O) groups is 1. The Labute approximate surface area is 145 Å². The van der Waals surface area contributed by atoms with Crippen LogP contribution in [0.5, 0.6) is 0 Å². The first kappa shape index (κ1) is 16.4. The molecule has 3 nitrogen and oxygen atoms in total. The van der Waals surface area contributed by atoms with E-state index in [0.717, 1.165) is 16.9 Å². The van der Waals surface area contributed by atoms with Gasteiger partial charge in [0.05, 0.1) is 10.2 Å². The lowest BCUT2D eigenvalue weighted by Crippen LogP contribution is -2.15. The summed E-state index contributed by atoms with van der Waals surface area (Å²) in [6.07, 6.45) is 3.32. The van der Waals surface area contributed by atoms with Crippen molar-refractivity contribution in [1.82, 2.24) is 4.57 Å². The molecule has 4 heteroatoms. The Morgan fingerprint density at radius 1 is 1.12 bits per heavy atom. The molecule has 2 aromatic carbocycles. The number of aromatic nitrogens is 1. The van der Waals surface area contributed by atoms with Crippen molar-refractivity contribution in [2.24, 2.45) is 4.99 Å². The lowest BCUT2D eigenvalue weighted by molar-refractivity contribution is -0.113. The molecule has 0 fully saturated rings. The summed E-state index contributed by atoms with van der Waals surface area (Å²) in [6, 6.07) is 14.0. The minimum Gasteiger partial charge on any atom is -0.316 e. The van der Waals surface area contributed by atoms with Crippen LogP contribution in [0.15, 0.2) is 53.5 Å². The summed E-state index contributed by atoms with van der Waals surface area (Å²) in [4.78, 5) is 17.3. The molecule has 0 saturated heterocycles. The predicted octanol–water partition coefficient (Wildman–Crippen LogP) is 4.48. The van der Waals surface area contributed by atoms with Crippen molar-refractivity contribution < 1.29 is 4.79 Å². The quantitative estimate of drug-likeness (QED) is 0.649. The van der Waals surface area contributed by atoms with Gasteiger partial charge in [0, 0.05) is 12.6 Å². The Kier molecular flexibility index (Phi) is 4.76. The van der Waals surface area contributed by atoms with Crippen molar-refractivity contribution in [2.45, 2.75) is 27.3 Å². The second kappa shape index (κ2) is 6.97. The third-order valence-corrected chi connectivity index (χ3v) is 5.18. The van der Waals surface area contributed by atoms with Crippen molar-refractivity contribution >= 4 is 33.5 Å². The molecule has 0 aliphatic heterocycles. The van der Waals surface area contributed by atoms with E-state index >= 15 is 0 Å². The van der Waals surface area contributed by atoms with Gasteiger partial charge in [-0.1, -0.05) is 53.8 Å². The molecule has 0 unspecified atom stereocenters. The van der Waals surface area contributed by atoms with E-state index in [2.05, 4.69) is 42.5 Å². The number of rotatable bonds is 3. The molecular weight excluding hydrogens is 316 g/mol. The standard InChI is InChI=1S/C20H20N2OS/c1-4-22-18-14(2)10-11-15(3)19(18)24-20(22)21-17(23)13-12-16-8-6-5-7-9-16/h5-13H,4H2,1-3H3/b13-12+,21-20?. The minimum absolute atomic E-state index is 0.233. The molecule has 0 aliphatic carbocycles. The van der Waals surface area contributed by atoms with Gasteiger partial charge >= 0.3 is 0 Å². The van der Waals surface area contributed by atoms with Gasteiger partial charge in [-0.15, -0.1) is 0 Å². The monoisotopic (exact) mass is 336 g/mol. The molecule has 122 valence electrons. The van der Waals surface area contributed by atoms with Crippen LogP contribution >= 0.6 is 11.3 Å². The number of carbonyl (C=O) groups excluding carboxylic acids is 1. The number of hydrogen-bond acceptors (Lipinski definition) is 2. The number of benzene rings is 2. The third kappa shape index (κ3) is 3.24. The number of thiazole rings is 1. The van der Waals surface area contributed by atoms with Crippen molar-refractivity contribution in [3.8, 4) is 0 Å². The molecule has 1 heterocycles. The summed E-state index contributed by atoms with van der Waals surface area (Å²) >= 11 is 1.58. The van der Waals surface area contributed by atoms with E-state index in [1.165, 1.54) is 27.4 Å². The smallest absolute Gasteiger partial charge is 0.272 e. The fourth-order valence-corrected chi connectivity index (χ4v) is 3.96. The molecule has 3 rings (SSSR count). The first-order chi connectivity index (χ1) is 11.6. The molecule has 1 aromatic heterocycles. The van der Waals surface area contributed by atoms with Gasteiger partial charge in [0.1, 0.15) is 0 Å². The fourth-order valence-electron chi connectivity index (χ4n) is 2.72. The van der Waals surface area contributed by atoms with Gasteiger partial charge in [-0.25, -0.2) is 0 Å². The number of hydrogen-bond donors (Lipinski definition) is 0. The maximum Gasteiger partial charge on any atom is 0.272 e. The van der Waals surface area contributed by atoms with E-state index in [0.29, 0.717) is 0 Å². The molecular formula is C20H20N2OS. The number of fused-ring (bicyclic) bond motifs is 1. The first-order valence-electron chi connectivity index (χ1n) is 8.01. The van der Waals surface area contributed by atoms with E-state index in [-0.39, 0.29) is 5.91 Å². The second-order valence-corrected chi connectivity index (χ2v) is 6.68. The van der Waals surface area contributed by atoms with Gasteiger partial charge in [-0.2, -0.15) is 4.99 Å². The average molecular weight is 336 g/mol. The molecule has 0 aliphatic rings. The van der Waals surface area contributed by atoms with Gasteiger partial charge < -0.3 is 4.57 Å². The number of nitrogens with zero attached hydrogens (tertiary/aromatic N) is 2. The highest BCUT2D eigenvalue weighted by molar-refractivity contribution is 7.16. The molecule has 0 atom stereocenters. The molecule has 0 radical (unpaired) electrons. The predicted molar refractivity (Wildman–Crippen MR) is 101 cm³/mol. The maximum atomic E-state index is 12.2. The summed E-state index contributed by atoms with van der Waals surface area (Å²) in [5.41, 5.74) is 4.60. The largest absolute Gasteiger partial charge is 0.316 e. The Morgan fingerprint density at radius 2 is 1.83 bits per heavy atom. The van der Waals surface area contributed by atoms with Gasteiger partial charge in [-0.3, -0.25) is 4.79 Å². The van der Waals surface area contributed by atoms with Crippen molar-refractivity contribution in [3.05, 3.63) is 70.0 Å². The molecule has 0 N–H and O–H groups in total. The van der Waals surface area contributed by atoms with E-state index in [9.17, 15) is 4.79 Å². The van der Waals surface area contributed by atoms with Gasteiger partial charge in [0.2, 0.25) is 0 Å². The SMILES string of the molecule is CCn1c(=NC(=O)/C=C/c2ccccc2)sc2c(C)ccc(C)c21. The first-order valence-corrected chi connectivity index (χ1v) is 8.83. The van der Waals surface area contributed by atoms with Crippen LogP contribution in [0.3, 0.4) is 0 Å². The zero-order chi connectivity index (χ0) is 17.1. The van der Waals surface area contributed by atoms with Crippen LogP contribution in [0.2, 0.25) is 0 Å². The Balaban J connectivity index is 2.04. The highest BCUT2D eigenvalue weighted by atomic mass is 32.1. The van der Waals surface area contributed by atoms with Crippen molar-refractivity contribution in [3.63, 3.8) is 0 Å². The number of aryl methyl sites for hydroxylation is 3. The van der Waals surface area contributed by atoms with Crippen molar-refractivity contribution in [1.29, 1.82) is 0 Å². The zero-order valence-electron chi connectivity index (χ0n) is 14.1. The molecule has 0 spiro atoms. The van der Waals surface area contributed by atoms with Crippen LogP contribution in [-0.4, -0.2) is 10.5 Å². The molecule has 3 aromatic rings. The molecule has 1 amide bonds. The highest BCUT2D eigenvalue weighted by Gasteiger charge is 2.10. The Morgan fingerprint density at radius 3 is 2.54 bits per heavy atom. The highest BCUT2D eigenvalue weighted by Crippen LogP contribution is 2.24. The van der Waals surface area contributed by atoms with Gasteiger partial charge in [0.25, 0.3) is 5.91 Å². The van der Waals surface area contributed by atoms with Crippen molar-refractivity contribution in [2.75, 3.05) is 0 Å². The maximum absolute atomic E-state index is 12.2. The third-order valence-electron chi connectivity index (χ3n) is 3.96. The fraction of sp³-hybridized carbons (Fsp3) is 0.200. The average Bonchev–Trinajstić information content (AvgIpc) is 2.96. The molecule has 0 bridgehead atoms. The summed E-state index contributed by atoms with van der Waals surface area (Å²) in [7, 11) is 0. The zero-order valence-corrected chi connectivity index (χ0v) is 14.9. The topological polar surface area (TPSA) is 34.4 Å². The van der Waals surface area contributed by atoms with E-state index in [4.69, 9.17) is 0 Å². The summed E-state index contributed by atoms with van der Waals surface area (Å²) in [5, 5.41) is 0. The molecule has 24 heavy (non-hydrogen) atoms. The summed E-state index contributed by atoms with van der Waals surface area (Å²) in [5.74, 6) is -0.233. The van der Waals surface area contributed by atoms with Gasteiger partial charge in [-0.05, 0) is 43.5 Å². The summed E-state index contributed by atoms with van der Waals surface area (Å²) < 4.78 is 3.33. The Bertz CT molecular complexity index is 978. The lowest BCUT2D eigenvalue weighted by Gasteiger charge is -2.04. The minimum atomic E-state index is -0.233. The lowest BCUT2D eigenvalue weighted by atomic mass is 10.1. The van der Waals surface area contributed by atoms with Crippen LogP contribution < -0.4 is 4.80 Å². The van der Waals surface area contributed by atoms with Crippen LogP contribution in [0, 0.1) is 13.8 Å². The van der Waals surface area contributed by atoms with Crippen LogP contribution in [0.25, 0.3) is 16.3 Å². The molecule has 0 saturated carbocycles. The Hall–Kier alpha value is -2.46. The van der Waals surface area contributed by atoms with Crippen LogP contribution in [0.1, 0.15) is 23.6 Å². The second-order valence-electron chi connectivity index (χ2n) is 5.70. The normalized spacial score (nSPS) is 12.4. The van der Waals surface area contributed by atoms with Crippen LogP contribution in [0.4, 0.5) is 0 Å². The number of amides is 1. The van der Waals surface area contributed by atoms with E-state index in [1.54, 1.807) is 17.4 Å². The van der Waals surface area contributed by atoms with E-state index in [1.807, 2.05) is 30.3 Å². The van der Waals surface area contributed by atoms with E-state index < -0.39 is 0 Å².